The number of hydrogen-bond donors (Lipinski definition) is 0. The van der Waals surface area contributed by atoms with E-state index in [2.05, 4.69) is 0 Å². The minimum absolute atomic E-state index is 0.245. The van der Waals surface area contributed by atoms with Crippen molar-refractivity contribution in [3.05, 3.63) is 35.4 Å². The number of rotatable bonds is 5. The standard InChI is InChI=1S/C20H24N2O5/c1-12(2)16(20(26)27-13(3)17(23)21-10-6-7-11-21)22-18(24)14-8-4-5-9-15(14)19(22)25/h4-5,8-9,12-13,16H,6-7,10-11H2,1-3H3/t13-,16+/m0/s1. The molecule has 7 heteroatoms. The summed E-state index contributed by atoms with van der Waals surface area (Å²) in [6.07, 6.45) is 0.929. The summed E-state index contributed by atoms with van der Waals surface area (Å²) in [4.78, 5) is 53.3. The molecule has 0 bridgehead atoms. The third-order valence-corrected chi connectivity index (χ3v) is 5.04. The summed E-state index contributed by atoms with van der Waals surface area (Å²) < 4.78 is 5.38. The van der Waals surface area contributed by atoms with Gasteiger partial charge in [-0.05, 0) is 37.8 Å². The van der Waals surface area contributed by atoms with E-state index in [1.807, 2.05) is 0 Å². The Bertz CT molecular complexity index is 747. The van der Waals surface area contributed by atoms with Crippen LogP contribution in [0.3, 0.4) is 0 Å². The fourth-order valence-electron chi connectivity index (χ4n) is 3.63. The number of benzene rings is 1. The summed E-state index contributed by atoms with van der Waals surface area (Å²) in [6.45, 7) is 6.32. The zero-order valence-electron chi connectivity index (χ0n) is 15.8. The van der Waals surface area contributed by atoms with Crippen molar-refractivity contribution in [2.45, 2.75) is 45.8 Å². The van der Waals surface area contributed by atoms with Gasteiger partial charge in [-0.2, -0.15) is 0 Å². The van der Waals surface area contributed by atoms with E-state index in [9.17, 15) is 19.2 Å². The van der Waals surface area contributed by atoms with Gasteiger partial charge >= 0.3 is 5.97 Å². The molecule has 27 heavy (non-hydrogen) atoms. The van der Waals surface area contributed by atoms with Gasteiger partial charge in [0, 0.05) is 13.1 Å². The zero-order valence-corrected chi connectivity index (χ0v) is 15.8. The first-order chi connectivity index (χ1) is 12.8. The van der Waals surface area contributed by atoms with Crippen molar-refractivity contribution in [2.24, 2.45) is 5.92 Å². The number of carbonyl (C=O) groups is 4. The van der Waals surface area contributed by atoms with E-state index in [1.165, 1.54) is 6.92 Å². The molecule has 2 atom stereocenters. The number of nitrogens with zero attached hydrogens (tertiary/aromatic N) is 2. The Morgan fingerprint density at radius 1 is 0.963 bits per heavy atom. The molecule has 2 heterocycles. The molecule has 0 aromatic heterocycles. The highest BCUT2D eigenvalue weighted by atomic mass is 16.5. The van der Waals surface area contributed by atoms with Crippen LogP contribution in [0.25, 0.3) is 0 Å². The fraction of sp³-hybridized carbons (Fsp3) is 0.500. The number of imide groups is 1. The molecular formula is C20H24N2O5. The van der Waals surface area contributed by atoms with Crippen LogP contribution in [0.4, 0.5) is 0 Å². The molecule has 1 aromatic carbocycles. The maximum Gasteiger partial charge on any atom is 0.330 e. The largest absolute Gasteiger partial charge is 0.451 e. The first-order valence-electron chi connectivity index (χ1n) is 9.29. The number of ether oxygens (including phenoxy) is 1. The molecule has 2 aliphatic rings. The molecule has 144 valence electrons. The summed E-state index contributed by atoms with van der Waals surface area (Å²) in [5.41, 5.74) is 0.560. The minimum atomic E-state index is -1.08. The van der Waals surface area contributed by atoms with Gasteiger partial charge in [0.1, 0.15) is 6.04 Å². The van der Waals surface area contributed by atoms with Crippen LogP contribution in [-0.2, 0) is 14.3 Å². The Morgan fingerprint density at radius 3 is 1.96 bits per heavy atom. The number of likely N-dealkylation sites (tertiary alicyclic amines) is 1. The van der Waals surface area contributed by atoms with Crippen LogP contribution in [0.15, 0.2) is 24.3 Å². The fourth-order valence-corrected chi connectivity index (χ4v) is 3.63. The molecule has 0 unspecified atom stereocenters. The third kappa shape index (κ3) is 3.46. The van der Waals surface area contributed by atoms with Crippen molar-refractivity contribution in [1.29, 1.82) is 0 Å². The van der Waals surface area contributed by atoms with Crippen LogP contribution in [0, 0.1) is 5.92 Å². The summed E-state index contributed by atoms with van der Waals surface area (Å²) in [5.74, 6) is -2.35. The Morgan fingerprint density at radius 2 is 1.48 bits per heavy atom. The molecule has 3 rings (SSSR count). The maximum atomic E-state index is 12.8. The lowest BCUT2D eigenvalue weighted by Gasteiger charge is -2.29. The Kier molecular flexibility index (Phi) is 5.30. The van der Waals surface area contributed by atoms with E-state index in [-0.39, 0.29) is 23.0 Å². The Labute approximate surface area is 158 Å². The Balaban J connectivity index is 1.78. The van der Waals surface area contributed by atoms with E-state index >= 15 is 0 Å². The number of fused-ring (bicyclic) bond motifs is 1. The highest BCUT2D eigenvalue weighted by Gasteiger charge is 2.45. The molecule has 7 nitrogen and oxygen atoms in total. The second-order valence-electron chi connectivity index (χ2n) is 7.33. The molecule has 0 aliphatic carbocycles. The summed E-state index contributed by atoms with van der Waals surface area (Å²) in [6, 6.07) is 5.40. The van der Waals surface area contributed by atoms with Crippen molar-refractivity contribution in [2.75, 3.05) is 13.1 Å². The molecule has 1 saturated heterocycles. The van der Waals surface area contributed by atoms with Gasteiger partial charge in [0.25, 0.3) is 17.7 Å². The smallest absolute Gasteiger partial charge is 0.330 e. The molecule has 3 amide bonds. The quantitative estimate of drug-likeness (QED) is 0.582. The highest BCUT2D eigenvalue weighted by Crippen LogP contribution is 2.28. The van der Waals surface area contributed by atoms with Crippen LogP contribution in [0.1, 0.15) is 54.3 Å². The molecule has 0 saturated carbocycles. The van der Waals surface area contributed by atoms with Gasteiger partial charge < -0.3 is 9.64 Å². The van der Waals surface area contributed by atoms with Crippen molar-refractivity contribution >= 4 is 23.7 Å². The molecular weight excluding hydrogens is 348 g/mol. The summed E-state index contributed by atoms with van der Waals surface area (Å²) in [7, 11) is 0. The van der Waals surface area contributed by atoms with E-state index in [0.29, 0.717) is 13.1 Å². The summed E-state index contributed by atoms with van der Waals surface area (Å²) >= 11 is 0. The third-order valence-electron chi connectivity index (χ3n) is 5.04. The SMILES string of the molecule is CC(C)[C@H](C(=O)O[C@@H](C)C(=O)N1CCCC1)N1C(=O)c2ccccc2C1=O. The topological polar surface area (TPSA) is 84.0 Å². The monoisotopic (exact) mass is 372 g/mol. The molecule has 2 aliphatic heterocycles. The average molecular weight is 372 g/mol. The van der Waals surface area contributed by atoms with Gasteiger partial charge in [0.15, 0.2) is 6.10 Å². The average Bonchev–Trinajstić information content (AvgIpc) is 3.25. The van der Waals surface area contributed by atoms with Gasteiger partial charge in [-0.25, -0.2) is 4.79 Å². The normalized spacial score (nSPS) is 18.7. The van der Waals surface area contributed by atoms with Gasteiger partial charge in [-0.1, -0.05) is 26.0 Å². The van der Waals surface area contributed by atoms with Crippen molar-refractivity contribution in [3.8, 4) is 0 Å². The van der Waals surface area contributed by atoms with Crippen LogP contribution in [0.2, 0.25) is 0 Å². The number of esters is 1. The van der Waals surface area contributed by atoms with E-state index in [1.54, 1.807) is 43.0 Å². The van der Waals surface area contributed by atoms with Crippen LogP contribution < -0.4 is 0 Å². The predicted octanol–water partition coefficient (Wildman–Crippen LogP) is 1.86. The van der Waals surface area contributed by atoms with Crippen molar-refractivity contribution in [3.63, 3.8) is 0 Å². The van der Waals surface area contributed by atoms with Gasteiger partial charge in [0.05, 0.1) is 11.1 Å². The van der Waals surface area contributed by atoms with E-state index in [4.69, 9.17) is 4.74 Å². The lowest BCUT2D eigenvalue weighted by Crippen LogP contribution is -2.50. The predicted molar refractivity (Wildman–Crippen MR) is 96.9 cm³/mol. The second kappa shape index (κ2) is 7.50. The Hall–Kier alpha value is -2.70. The van der Waals surface area contributed by atoms with Crippen LogP contribution >= 0.6 is 0 Å². The van der Waals surface area contributed by atoms with Crippen molar-refractivity contribution < 1.29 is 23.9 Å². The number of carbonyl (C=O) groups excluding carboxylic acids is 4. The van der Waals surface area contributed by atoms with Crippen LogP contribution in [0.5, 0.6) is 0 Å². The van der Waals surface area contributed by atoms with Gasteiger partial charge in [-0.3, -0.25) is 19.3 Å². The molecule has 0 N–H and O–H groups in total. The van der Waals surface area contributed by atoms with E-state index in [0.717, 1.165) is 17.7 Å². The van der Waals surface area contributed by atoms with Crippen molar-refractivity contribution in [1.82, 2.24) is 9.80 Å². The molecule has 1 aromatic rings. The minimum Gasteiger partial charge on any atom is -0.451 e. The summed E-state index contributed by atoms with van der Waals surface area (Å²) in [5, 5.41) is 0. The van der Waals surface area contributed by atoms with Gasteiger partial charge in [-0.15, -0.1) is 0 Å². The number of amides is 3. The zero-order chi connectivity index (χ0) is 19.7. The lowest BCUT2D eigenvalue weighted by molar-refractivity contribution is -0.163. The first-order valence-corrected chi connectivity index (χ1v) is 9.29. The molecule has 0 radical (unpaired) electrons. The van der Waals surface area contributed by atoms with Gasteiger partial charge in [0.2, 0.25) is 0 Å². The lowest BCUT2D eigenvalue weighted by atomic mass is 10.0. The second-order valence-corrected chi connectivity index (χ2v) is 7.33. The maximum absolute atomic E-state index is 12.8. The first kappa shape index (κ1) is 19.1. The molecule has 1 fully saturated rings. The number of hydrogen-bond acceptors (Lipinski definition) is 5. The van der Waals surface area contributed by atoms with Crippen LogP contribution in [-0.4, -0.2) is 58.7 Å². The highest BCUT2D eigenvalue weighted by molar-refractivity contribution is 6.22. The molecule has 0 spiro atoms. The van der Waals surface area contributed by atoms with E-state index < -0.39 is 29.9 Å².